The van der Waals surface area contributed by atoms with Gasteiger partial charge < -0.3 is 9.64 Å². The molecule has 9 heteroatoms. The topological polar surface area (TPSA) is 70.2 Å². The smallest absolute Gasteiger partial charge is 0.410 e. The number of sulfonamides is 1. The van der Waals surface area contributed by atoms with Crippen molar-refractivity contribution in [2.75, 3.05) is 39.3 Å². The number of piperidine rings is 1. The lowest BCUT2D eigenvalue weighted by Gasteiger charge is -2.40. The second kappa shape index (κ2) is 11.9. The van der Waals surface area contributed by atoms with E-state index in [0.29, 0.717) is 24.5 Å². The second-order valence-corrected chi connectivity index (χ2v) is 12.2. The lowest BCUT2D eigenvalue weighted by atomic mass is 9.89. The molecule has 2 aliphatic heterocycles. The maximum Gasteiger partial charge on any atom is 0.410 e. The zero-order valence-corrected chi connectivity index (χ0v) is 22.6. The van der Waals surface area contributed by atoms with E-state index < -0.39 is 16.1 Å². The number of nitrogens with zero attached hydrogens (tertiary/aromatic N) is 3. The molecule has 2 aliphatic rings. The van der Waals surface area contributed by atoms with Gasteiger partial charge in [0.25, 0.3) is 0 Å². The molecule has 0 spiro atoms. The fraction of sp³-hybridized carbons (Fsp3) is 0.519. The van der Waals surface area contributed by atoms with Gasteiger partial charge in [0, 0.05) is 37.2 Å². The number of rotatable bonds is 7. The maximum absolute atomic E-state index is 13.7. The second-order valence-electron chi connectivity index (χ2n) is 9.83. The van der Waals surface area contributed by atoms with Gasteiger partial charge in [-0.05, 0) is 68.5 Å². The molecule has 1 amide bonds. The number of carbonyl (C=O) groups is 1. The Labute approximate surface area is 220 Å². The van der Waals surface area contributed by atoms with E-state index >= 15 is 0 Å². The number of likely N-dealkylation sites (N-methyl/N-ethyl adjacent to an activating group) is 1. The molecule has 2 aromatic rings. The van der Waals surface area contributed by atoms with Crippen LogP contribution in [-0.4, -0.2) is 80.0 Å². The SMILES string of the molecule is CCN1CCN(C(=O)OC[C@H]2CC[C@@H](Cc3ccccc3)CN2S(=O)(=O)c2ccc(Cl)cc2)C(C)C1. The van der Waals surface area contributed by atoms with Crippen molar-refractivity contribution in [2.24, 2.45) is 5.92 Å². The monoisotopic (exact) mass is 533 g/mol. The van der Waals surface area contributed by atoms with Crippen LogP contribution in [0.5, 0.6) is 0 Å². The van der Waals surface area contributed by atoms with E-state index in [1.165, 1.54) is 17.7 Å². The van der Waals surface area contributed by atoms with Gasteiger partial charge in [0.1, 0.15) is 6.61 Å². The average molecular weight is 534 g/mol. The Hall–Kier alpha value is -2.13. The van der Waals surface area contributed by atoms with Gasteiger partial charge in [0.2, 0.25) is 10.0 Å². The highest BCUT2D eigenvalue weighted by Gasteiger charge is 2.38. The summed E-state index contributed by atoms with van der Waals surface area (Å²) in [5.41, 5.74) is 1.19. The lowest BCUT2D eigenvalue weighted by molar-refractivity contribution is 0.0360. The summed E-state index contributed by atoms with van der Waals surface area (Å²) in [6, 6.07) is 16.0. The number of hydrogen-bond donors (Lipinski definition) is 0. The third-order valence-electron chi connectivity index (χ3n) is 7.33. The average Bonchev–Trinajstić information content (AvgIpc) is 2.88. The molecule has 2 aromatic carbocycles. The Kier molecular flexibility index (Phi) is 8.93. The summed E-state index contributed by atoms with van der Waals surface area (Å²) < 4.78 is 34.7. The highest BCUT2D eigenvalue weighted by atomic mass is 35.5. The van der Waals surface area contributed by atoms with Gasteiger partial charge in [0.15, 0.2) is 0 Å². The molecule has 36 heavy (non-hydrogen) atoms. The normalized spacial score (nSPS) is 24.0. The summed E-state index contributed by atoms with van der Waals surface area (Å²) in [6.45, 7) is 7.77. The van der Waals surface area contributed by atoms with Gasteiger partial charge in [-0.15, -0.1) is 0 Å². The van der Waals surface area contributed by atoms with Gasteiger partial charge in [-0.2, -0.15) is 4.31 Å². The number of ether oxygens (including phenoxy) is 1. The van der Waals surface area contributed by atoms with E-state index in [2.05, 4.69) is 24.0 Å². The third kappa shape index (κ3) is 6.40. The molecule has 7 nitrogen and oxygen atoms in total. The van der Waals surface area contributed by atoms with Crippen LogP contribution in [0.3, 0.4) is 0 Å². The van der Waals surface area contributed by atoms with Gasteiger partial charge in [-0.25, -0.2) is 13.2 Å². The van der Waals surface area contributed by atoms with Crippen molar-refractivity contribution in [3.63, 3.8) is 0 Å². The first-order valence-corrected chi connectivity index (χ1v) is 14.6. The minimum atomic E-state index is -3.78. The quantitative estimate of drug-likeness (QED) is 0.523. The van der Waals surface area contributed by atoms with Crippen LogP contribution in [0.4, 0.5) is 4.79 Å². The lowest BCUT2D eigenvalue weighted by Crippen LogP contribution is -2.55. The van der Waals surface area contributed by atoms with Crippen molar-refractivity contribution in [1.29, 1.82) is 0 Å². The minimum absolute atomic E-state index is 0.0461. The fourth-order valence-corrected chi connectivity index (χ4v) is 7.07. The van der Waals surface area contributed by atoms with Crippen LogP contribution < -0.4 is 0 Å². The molecule has 0 radical (unpaired) electrons. The van der Waals surface area contributed by atoms with E-state index in [1.54, 1.807) is 21.3 Å². The molecule has 4 rings (SSSR count). The maximum atomic E-state index is 13.7. The molecule has 1 unspecified atom stereocenters. The van der Waals surface area contributed by atoms with Crippen molar-refractivity contribution in [3.8, 4) is 0 Å². The molecule has 0 N–H and O–H groups in total. The fourth-order valence-electron chi connectivity index (χ4n) is 5.23. The molecule has 0 aliphatic carbocycles. The number of benzene rings is 2. The Morgan fingerprint density at radius 3 is 2.42 bits per heavy atom. The third-order valence-corrected chi connectivity index (χ3v) is 9.52. The predicted molar refractivity (Wildman–Crippen MR) is 142 cm³/mol. The van der Waals surface area contributed by atoms with Crippen LogP contribution in [0.2, 0.25) is 5.02 Å². The van der Waals surface area contributed by atoms with Crippen LogP contribution in [0, 0.1) is 5.92 Å². The van der Waals surface area contributed by atoms with Crippen LogP contribution in [-0.2, 0) is 21.2 Å². The number of halogens is 1. The van der Waals surface area contributed by atoms with Gasteiger partial charge in [-0.3, -0.25) is 4.90 Å². The highest BCUT2D eigenvalue weighted by molar-refractivity contribution is 7.89. The van der Waals surface area contributed by atoms with Gasteiger partial charge >= 0.3 is 6.09 Å². The molecule has 0 aromatic heterocycles. The molecule has 196 valence electrons. The van der Waals surface area contributed by atoms with Crippen LogP contribution >= 0.6 is 11.6 Å². The molecular formula is C27H36ClN3O4S. The number of amides is 1. The summed E-state index contributed by atoms with van der Waals surface area (Å²) in [4.78, 5) is 17.2. The first-order chi connectivity index (χ1) is 17.3. The molecule has 2 saturated heterocycles. The molecular weight excluding hydrogens is 498 g/mol. The van der Waals surface area contributed by atoms with Crippen molar-refractivity contribution < 1.29 is 17.9 Å². The number of carbonyl (C=O) groups excluding carboxylic acids is 1. The first-order valence-electron chi connectivity index (χ1n) is 12.7. The Bertz CT molecular complexity index is 1110. The molecule has 2 heterocycles. The van der Waals surface area contributed by atoms with E-state index in [-0.39, 0.29) is 29.6 Å². The zero-order chi connectivity index (χ0) is 25.7. The summed E-state index contributed by atoms with van der Waals surface area (Å²) in [7, 11) is -3.78. The Balaban J connectivity index is 1.48. The molecule has 0 saturated carbocycles. The summed E-state index contributed by atoms with van der Waals surface area (Å²) >= 11 is 6.00. The molecule has 0 bridgehead atoms. The first kappa shape index (κ1) is 26.9. The van der Waals surface area contributed by atoms with Crippen LogP contribution in [0.15, 0.2) is 59.5 Å². The summed E-state index contributed by atoms with van der Waals surface area (Å²) in [6.07, 6.45) is 1.94. The van der Waals surface area contributed by atoms with Crippen LogP contribution in [0.25, 0.3) is 0 Å². The summed E-state index contributed by atoms with van der Waals surface area (Å²) in [5, 5.41) is 0.484. The minimum Gasteiger partial charge on any atom is -0.448 e. The van der Waals surface area contributed by atoms with E-state index in [0.717, 1.165) is 32.5 Å². The highest BCUT2D eigenvalue weighted by Crippen LogP contribution is 2.31. The van der Waals surface area contributed by atoms with Crippen molar-refractivity contribution in [2.45, 2.75) is 50.1 Å². The molecule has 2 fully saturated rings. The Morgan fingerprint density at radius 1 is 1.03 bits per heavy atom. The Morgan fingerprint density at radius 2 is 1.75 bits per heavy atom. The van der Waals surface area contributed by atoms with E-state index in [4.69, 9.17) is 16.3 Å². The van der Waals surface area contributed by atoms with Gasteiger partial charge in [0.05, 0.1) is 10.9 Å². The van der Waals surface area contributed by atoms with Crippen molar-refractivity contribution in [1.82, 2.24) is 14.1 Å². The van der Waals surface area contributed by atoms with E-state index in [1.807, 2.05) is 25.1 Å². The zero-order valence-electron chi connectivity index (χ0n) is 21.1. The largest absolute Gasteiger partial charge is 0.448 e. The van der Waals surface area contributed by atoms with Gasteiger partial charge in [-0.1, -0.05) is 48.9 Å². The number of hydrogen-bond acceptors (Lipinski definition) is 5. The van der Waals surface area contributed by atoms with Crippen molar-refractivity contribution in [3.05, 3.63) is 65.2 Å². The number of piperazine rings is 1. The van der Waals surface area contributed by atoms with E-state index in [9.17, 15) is 13.2 Å². The molecule has 3 atom stereocenters. The summed E-state index contributed by atoms with van der Waals surface area (Å²) in [5.74, 6) is 0.184. The van der Waals surface area contributed by atoms with Crippen LogP contribution in [0.1, 0.15) is 32.3 Å². The van der Waals surface area contributed by atoms with Crippen molar-refractivity contribution >= 4 is 27.7 Å². The standard InChI is InChI=1S/C27H36ClN3O4S/c1-3-29-15-16-30(21(2)18-29)27(32)35-20-25-12-9-23(17-22-7-5-4-6-8-22)19-31(25)36(33,34)26-13-10-24(28)11-14-26/h4-8,10-11,13-14,21,23,25H,3,9,12,15-20H2,1-2H3/t21?,23-,25+/m0/s1. The predicted octanol–water partition coefficient (Wildman–Crippen LogP) is 4.51.